The van der Waals surface area contributed by atoms with Gasteiger partial charge in [-0.25, -0.2) is 4.79 Å². The van der Waals surface area contributed by atoms with E-state index >= 15 is 0 Å². The molecule has 3 aliphatic rings. The Morgan fingerprint density at radius 3 is 2.09 bits per heavy atom. The standard InChI is InChI=1S/C35H44O10/c1-19-25-17-35(33(6,7)41)18-27(42-21(3)36)20(2)30(35)31(40)32(44-23(5)38)34(25,8)28(43-22(4)37)16-26(19)45-29(39)15-14-24-12-10-9-11-13-24/h9-15,25-28,31-32,40-41H,1,16-18H2,2-8H3/b15-14+/t25-,26+,27-,28-,31-,32-,34-,35-/m0/s1. The maximum atomic E-state index is 13.1. The van der Waals surface area contributed by atoms with Crippen LogP contribution in [0.15, 0.2) is 59.7 Å². The predicted molar refractivity (Wildman–Crippen MR) is 164 cm³/mol. The molecule has 45 heavy (non-hydrogen) atoms. The van der Waals surface area contributed by atoms with Crippen LogP contribution in [0.5, 0.6) is 0 Å². The molecule has 0 unspecified atom stereocenters. The molecule has 3 aliphatic carbocycles. The van der Waals surface area contributed by atoms with Crippen molar-refractivity contribution < 1.29 is 48.3 Å². The molecular weight excluding hydrogens is 580 g/mol. The summed E-state index contributed by atoms with van der Waals surface area (Å²) in [4.78, 5) is 50.2. The first-order chi connectivity index (χ1) is 20.9. The van der Waals surface area contributed by atoms with Crippen molar-refractivity contribution in [1.29, 1.82) is 0 Å². The summed E-state index contributed by atoms with van der Waals surface area (Å²) in [6.07, 6.45) is -2.16. The monoisotopic (exact) mass is 624 g/mol. The lowest BCUT2D eigenvalue weighted by molar-refractivity contribution is -0.197. The van der Waals surface area contributed by atoms with Gasteiger partial charge < -0.3 is 29.2 Å². The van der Waals surface area contributed by atoms with Crippen molar-refractivity contribution in [2.75, 3.05) is 0 Å². The molecule has 0 saturated heterocycles. The first-order valence-electron chi connectivity index (χ1n) is 15.2. The van der Waals surface area contributed by atoms with Crippen molar-refractivity contribution in [3.05, 3.63) is 65.3 Å². The van der Waals surface area contributed by atoms with Gasteiger partial charge in [-0.05, 0) is 61.5 Å². The molecule has 0 heterocycles. The van der Waals surface area contributed by atoms with Crippen molar-refractivity contribution in [2.45, 2.75) is 104 Å². The molecule has 10 nitrogen and oxygen atoms in total. The third-order valence-corrected chi connectivity index (χ3v) is 9.99. The zero-order valence-electron chi connectivity index (χ0n) is 27.0. The fraction of sp³-hybridized carbons (Fsp3) is 0.543. The van der Waals surface area contributed by atoms with Crippen molar-refractivity contribution in [3.63, 3.8) is 0 Å². The van der Waals surface area contributed by atoms with E-state index in [1.165, 1.54) is 26.8 Å². The van der Waals surface area contributed by atoms with E-state index < -0.39 is 76.7 Å². The number of ether oxygens (including phenoxy) is 4. The van der Waals surface area contributed by atoms with Crippen LogP contribution in [0.1, 0.15) is 73.3 Å². The molecule has 1 aromatic rings. The van der Waals surface area contributed by atoms with Gasteiger partial charge in [0.05, 0.1) is 11.0 Å². The topological polar surface area (TPSA) is 146 Å². The Bertz CT molecular complexity index is 1420. The van der Waals surface area contributed by atoms with Crippen LogP contribution in [0.2, 0.25) is 0 Å². The molecule has 0 aliphatic heterocycles. The van der Waals surface area contributed by atoms with Gasteiger partial charge in [-0.1, -0.05) is 43.8 Å². The highest BCUT2D eigenvalue weighted by Gasteiger charge is 2.68. The molecule has 2 fully saturated rings. The second-order valence-corrected chi connectivity index (χ2v) is 13.2. The summed E-state index contributed by atoms with van der Waals surface area (Å²) < 4.78 is 23.3. The van der Waals surface area contributed by atoms with Gasteiger partial charge in [0.1, 0.15) is 30.5 Å². The minimum absolute atomic E-state index is 0.00440. The summed E-state index contributed by atoms with van der Waals surface area (Å²) in [5, 5.41) is 24.0. The van der Waals surface area contributed by atoms with Gasteiger partial charge in [-0.2, -0.15) is 0 Å². The Balaban J connectivity index is 1.86. The van der Waals surface area contributed by atoms with Crippen LogP contribution in [0, 0.1) is 16.7 Å². The zero-order valence-corrected chi connectivity index (χ0v) is 27.0. The summed E-state index contributed by atoms with van der Waals surface area (Å²) in [5.41, 5.74) is -1.73. The van der Waals surface area contributed by atoms with E-state index in [0.717, 1.165) is 5.56 Å². The van der Waals surface area contributed by atoms with Gasteiger partial charge >= 0.3 is 23.9 Å². The van der Waals surface area contributed by atoms with Crippen LogP contribution < -0.4 is 0 Å². The molecule has 0 spiro atoms. The first-order valence-corrected chi connectivity index (χ1v) is 15.2. The largest absolute Gasteiger partial charge is 0.462 e. The van der Waals surface area contributed by atoms with Crippen LogP contribution in [0.4, 0.5) is 0 Å². The number of benzene rings is 1. The third-order valence-electron chi connectivity index (χ3n) is 9.99. The summed E-state index contributed by atoms with van der Waals surface area (Å²) >= 11 is 0. The Kier molecular flexibility index (Phi) is 9.52. The highest BCUT2D eigenvalue weighted by atomic mass is 16.6. The van der Waals surface area contributed by atoms with Gasteiger partial charge in [-0.3, -0.25) is 14.4 Å². The van der Waals surface area contributed by atoms with E-state index in [1.807, 2.05) is 30.3 Å². The summed E-state index contributed by atoms with van der Waals surface area (Å²) in [7, 11) is 0. The maximum absolute atomic E-state index is 13.1. The SMILES string of the molecule is C=C1[C@H](OC(=O)/C=C/c2ccccc2)C[C@H](OC(C)=O)[C@]2(C)[C@H]1C[C@]1(C(C)(C)O)C[C@H](OC(C)=O)C(C)=C1[C@H](O)[C@@H]2OC(C)=O. The molecule has 8 atom stereocenters. The molecule has 4 rings (SSSR count). The number of aliphatic hydroxyl groups excluding tert-OH is 1. The zero-order chi connectivity index (χ0) is 33.5. The van der Waals surface area contributed by atoms with E-state index in [4.69, 9.17) is 18.9 Å². The summed E-state index contributed by atoms with van der Waals surface area (Å²) in [6, 6.07) is 9.23. The second kappa shape index (κ2) is 12.6. The summed E-state index contributed by atoms with van der Waals surface area (Å²) in [5.74, 6) is -3.15. The normalized spacial score (nSPS) is 33.1. The molecule has 0 aromatic heterocycles. The lowest BCUT2D eigenvalue weighted by atomic mass is 9.56. The smallest absolute Gasteiger partial charge is 0.331 e. The fourth-order valence-electron chi connectivity index (χ4n) is 7.80. The van der Waals surface area contributed by atoms with Gasteiger partial charge in [-0.15, -0.1) is 0 Å². The number of carbonyl (C=O) groups excluding carboxylic acids is 4. The molecule has 2 N–H and O–H groups in total. The second-order valence-electron chi connectivity index (χ2n) is 13.2. The van der Waals surface area contributed by atoms with E-state index in [1.54, 1.807) is 33.8 Å². The lowest BCUT2D eigenvalue weighted by Gasteiger charge is -2.53. The minimum Gasteiger partial charge on any atom is -0.462 e. The quantitative estimate of drug-likeness (QED) is 0.196. The molecule has 0 radical (unpaired) electrons. The molecule has 0 bridgehead atoms. The number of fused-ring (bicyclic) bond motifs is 2. The number of esters is 4. The van der Waals surface area contributed by atoms with Crippen LogP contribution in [0.25, 0.3) is 6.08 Å². The average Bonchev–Trinajstić information content (AvgIpc) is 3.17. The van der Waals surface area contributed by atoms with E-state index in [0.29, 0.717) is 16.7 Å². The number of rotatable bonds is 7. The van der Waals surface area contributed by atoms with Gasteiger partial charge in [0.15, 0.2) is 0 Å². The van der Waals surface area contributed by atoms with Crippen LogP contribution in [0.3, 0.4) is 0 Å². The molecule has 2 saturated carbocycles. The van der Waals surface area contributed by atoms with Gasteiger partial charge in [0, 0.05) is 45.1 Å². The van der Waals surface area contributed by atoms with Crippen molar-refractivity contribution in [3.8, 4) is 0 Å². The van der Waals surface area contributed by atoms with E-state index in [9.17, 15) is 29.4 Å². The van der Waals surface area contributed by atoms with Gasteiger partial charge in [0.25, 0.3) is 0 Å². The first kappa shape index (κ1) is 34.1. The number of carbonyl (C=O) groups is 4. The average molecular weight is 625 g/mol. The molecule has 0 amide bonds. The van der Waals surface area contributed by atoms with Crippen molar-refractivity contribution in [2.24, 2.45) is 16.7 Å². The minimum atomic E-state index is -1.48. The fourth-order valence-corrected chi connectivity index (χ4v) is 7.80. The van der Waals surface area contributed by atoms with E-state index in [2.05, 4.69) is 6.58 Å². The Hall–Kier alpha value is -3.76. The summed E-state index contributed by atoms with van der Waals surface area (Å²) in [6.45, 7) is 14.8. The maximum Gasteiger partial charge on any atom is 0.331 e. The number of hydrogen-bond acceptors (Lipinski definition) is 10. The van der Waals surface area contributed by atoms with Gasteiger partial charge in [0.2, 0.25) is 0 Å². The molecular formula is C35H44O10. The predicted octanol–water partition coefficient (Wildman–Crippen LogP) is 4.23. The Morgan fingerprint density at radius 1 is 0.933 bits per heavy atom. The Morgan fingerprint density at radius 2 is 1.53 bits per heavy atom. The number of hydrogen-bond donors (Lipinski definition) is 2. The highest BCUT2D eigenvalue weighted by Crippen LogP contribution is 2.65. The molecule has 1 aromatic carbocycles. The lowest BCUT2D eigenvalue weighted by Crippen LogP contribution is -2.59. The number of aliphatic hydroxyl groups is 2. The highest BCUT2D eigenvalue weighted by molar-refractivity contribution is 5.87. The van der Waals surface area contributed by atoms with Crippen LogP contribution in [-0.4, -0.2) is 70.2 Å². The van der Waals surface area contributed by atoms with Crippen LogP contribution in [-0.2, 0) is 38.1 Å². The molecule has 10 heteroatoms. The van der Waals surface area contributed by atoms with Crippen molar-refractivity contribution >= 4 is 30.0 Å². The van der Waals surface area contributed by atoms with Crippen LogP contribution >= 0.6 is 0 Å². The Labute approximate surface area is 264 Å². The van der Waals surface area contributed by atoms with E-state index in [-0.39, 0.29) is 19.3 Å². The molecule has 244 valence electrons. The third kappa shape index (κ3) is 6.35. The van der Waals surface area contributed by atoms with Crippen molar-refractivity contribution in [1.82, 2.24) is 0 Å².